The maximum atomic E-state index is 12.5. The second-order valence-corrected chi connectivity index (χ2v) is 7.27. The minimum atomic E-state index is -0.218. The van der Waals surface area contributed by atoms with Crippen molar-refractivity contribution in [2.24, 2.45) is 0 Å². The molecule has 1 saturated heterocycles. The maximum absolute atomic E-state index is 12.5. The van der Waals surface area contributed by atoms with Crippen LogP contribution in [-0.4, -0.2) is 53.1 Å². The number of nitrogens with one attached hydrogen (secondary N) is 1. The Labute approximate surface area is 167 Å². The normalized spacial score (nSPS) is 15.6. The van der Waals surface area contributed by atoms with Gasteiger partial charge in [-0.1, -0.05) is 34.4 Å². The van der Waals surface area contributed by atoms with Crippen LogP contribution in [0.25, 0.3) is 0 Å². The number of aromatic nitrogens is 1. The Kier molecular flexibility index (Phi) is 5.92. The summed E-state index contributed by atoms with van der Waals surface area (Å²) in [5, 5.41) is 7.60. The fourth-order valence-electron chi connectivity index (χ4n) is 2.87. The number of piperazine rings is 1. The average Bonchev–Trinajstić information content (AvgIpc) is 3.09. The molecule has 9 heteroatoms. The molecule has 0 radical (unpaired) electrons. The van der Waals surface area contributed by atoms with Crippen LogP contribution in [0.1, 0.15) is 34.8 Å². The van der Waals surface area contributed by atoms with Gasteiger partial charge in [-0.15, -0.1) is 0 Å². The molecule has 7 nitrogen and oxygen atoms in total. The molecule has 2 aromatic rings. The minimum absolute atomic E-state index is 0.184. The zero-order chi connectivity index (χ0) is 19.6. The van der Waals surface area contributed by atoms with Gasteiger partial charge in [0, 0.05) is 32.2 Å². The lowest BCUT2D eigenvalue weighted by molar-refractivity contribution is 0.0623. The largest absolute Gasteiger partial charge is 0.351 e. The van der Waals surface area contributed by atoms with Gasteiger partial charge in [-0.05, 0) is 31.5 Å². The molecule has 1 N–H and O–H groups in total. The van der Waals surface area contributed by atoms with Gasteiger partial charge in [0.1, 0.15) is 0 Å². The Balaban J connectivity index is 1.53. The van der Waals surface area contributed by atoms with Crippen LogP contribution in [0.2, 0.25) is 10.0 Å². The summed E-state index contributed by atoms with van der Waals surface area (Å²) in [5.74, 6) is 0.0125. The fourth-order valence-corrected chi connectivity index (χ4v) is 3.18. The molecular weight excluding hydrogens is 391 g/mol. The number of carbonyl (C=O) groups is 2. The topological polar surface area (TPSA) is 78.7 Å². The number of urea groups is 1. The van der Waals surface area contributed by atoms with E-state index in [-0.39, 0.29) is 23.7 Å². The minimum Gasteiger partial charge on any atom is -0.351 e. The van der Waals surface area contributed by atoms with Crippen molar-refractivity contribution < 1.29 is 14.1 Å². The predicted molar refractivity (Wildman–Crippen MR) is 102 cm³/mol. The van der Waals surface area contributed by atoms with Crippen LogP contribution >= 0.6 is 23.2 Å². The molecule has 3 amide bonds. The third-order valence-corrected chi connectivity index (χ3v) is 5.22. The molecule has 0 bridgehead atoms. The van der Waals surface area contributed by atoms with Crippen LogP contribution in [0.4, 0.5) is 4.79 Å². The van der Waals surface area contributed by atoms with E-state index in [1.54, 1.807) is 34.9 Å². The summed E-state index contributed by atoms with van der Waals surface area (Å²) in [6.07, 6.45) is 0. The summed E-state index contributed by atoms with van der Waals surface area (Å²) in [4.78, 5) is 28.2. The molecule has 1 aromatic carbocycles. The summed E-state index contributed by atoms with van der Waals surface area (Å²) < 4.78 is 5.02. The second kappa shape index (κ2) is 8.19. The number of hydrogen-bond donors (Lipinski definition) is 1. The summed E-state index contributed by atoms with van der Waals surface area (Å²) in [5.41, 5.74) is 1.53. The van der Waals surface area contributed by atoms with E-state index in [4.69, 9.17) is 27.7 Å². The average molecular weight is 411 g/mol. The van der Waals surface area contributed by atoms with E-state index in [1.165, 1.54) is 0 Å². The summed E-state index contributed by atoms with van der Waals surface area (Å²) in [6.45, 7) is 5.40. The number of hydrogen-bond acceptors (Lipinski definition) is 4. The van der Waals surface area contributed by atoms with Gasteiger partial charge in [-0.2, -0.15) is 0 Å². The van der Waals surface area contributed by atoms with Gasteiger partial charge in [0.05, 0.1) is 21.8 Å². The van der Waals surface area contributed by atoms with E-state index in [0.717, 1.165) is 5.56 Å². The van der Waals surface area contributed by atoms with E-state index in [9.17, 15) is 9.59 Å². The highest BCUT2D eigenvalue weighted by molar-refractivity contribution is 6.42. The number of halogens is 2. The number of nitrogens with zero attached hydrogens (tertiary/aromatic N) is 3. The van der Waals surface area contributed by atoms with E-state index >= 15 is 0 Å². The standard InChI is InChI=1S/C18H20Cl2N4O3/c1-11-9-16(27-22-11)17(25)23-5-7-24(8-6-23)18(26)21-12(2)13-3-4-14(19)15(20)10-13/h3-4,9-10,12H,5-8H2,1-2H3,(H,21,26). The van der Waals surface area contributed by atoms with Gasteiger partial charge in [0.15, 0.2) is 0 Å². The Bertz CT molecular complexity index is 847. The predicted octanol–water partition coefficient (Wildman–Crippen LogP) is 3.52. The maximum Gasteiger partial charge on any atom is 0.317 e. The van der Waals surface area contributed by atoms with Crippen molar-refractivity contribution >= 4 is 35.1 Å². The van der Waals surface area contributed by atoms with Crippen molar-refractivity contribution in [2.45, 2.75) is 19.9 Å². The molecule has 3 rings (SSSR count). The lowest BCUT2D eigenvalue weighted by Gasteiger charge is -2.34. The van der Waals surface area contributed by atoms with E-state index < -0.39 is 0 Å². The number of carbonyl (C=O) groups excluding carboxylic acids is 2. The highest BCUT2D eigenvalue weighted by Gasteiger charge is 2.27. The van der Waals surface area contributed by atoms with Crippen molar-refractivity contribution in [1.29, 1.82) is 0 Å². The first-order valence-corrected chi connectivity index (χ1v) is 9.33. The molecule has 2 heterocycles. The van der Waals surface area contributed by atoms with Gasteiger partial charge < -0.3 is 19.6 Å². The third-order valence-electron chi connectivity index (χ3n) is 4.48. The molecule has 0 saturated carbocycles. The van der Waals surface area contributed by atoms with Crippen LogP contribution in [-0.2, 0) is 0 Å². The van der Waals surface area contributed by atoms with Crippen LogP contribution < -0.4 is 5.32 Å². The molecule has 1 fully saturated rings. The van der Waals surface area contributed by atoms with Crippen molar-refractivity contribution in [3.05, 3.63) is 51.3 Å². The zero-order valence-electron chi connectivity index (χ0n) is 15.0. The fraction of sp³-hybridized carbons (Fsp3) is 0.389. The molecule has 27 heavy (non-hydrogen) atoms. The molecule has 144 valence electrons. The Morgan fingerprint density at radius 2 is 1.78 bits per heavy atom. The monoisotopic (exact) mass is 410 g/mol. The number of rotatable bonds is 3. The molecule has 0 aliphatic carbocycles. The first-order chi connectivity index (χ1) is 12.8. The van der Waals surface area contributed by atoms with Gasteiger partial charge in [0.2, 0.25) is 5.76 Å². The van der Waals surface area contributed by atoms with Crippen LogP contribution in [0, 0.1) is 6.92 Å². The quantitative estimate of drug-likeness (QED) is 0.839. The van der Waals surface area contributed by atoms with Crippen LogP contribution in [0.5, 0.6) is 0 Å². The first kappa shape index (κ1) is 19.5. The second-order valence-electron chi connectivity index (χ2n) is 6.46. The summed E-state index contributed by atoms with van der Waals surface area (Å²) in [6, 6.07) is 6.48. The third kappa shape index (κ3) is 4.54. The molecule has 1 atom stereocenters. The Morgan fingerprint density at radius 3 is 2.37 bits per heavy atom. The van der Waals surface area contributed by atoms with Gasteiger partial charge >= 0.3 is 6.03 Å². The molecule has 1 aromatic heterocycles. The molecule has 0 spiro atoms. The van der Waals surface area contributed by atoms with Crippen molar-refractivity contribution in [1.82, 2.24) is 20.3 Å². The van der Waals surface area contributed by atoms with Gasteiger partial charge in [-0.3, -0.25) is 4.79 Å². The molecular formula is C18H20Cl2N4O3. The lowest BCUT2D eigenvalue weighted by Crippen LogP contribution is -2.53. The van der Waals surface area contributed by atoms with E-state index in [2.05, 4.69) is 10.5 Å². The summed E-state index contributed by atoms with van der Waals surface area (Å²) >= 11 is 12.0. The lowest BCUT2D eigenvalue weighted by atomic mass is 10.1. The Hall–Kier alpha value is -2.25. The van der Waals surface area contributed by atoms with Crippen LogP contribution in [0.15, 0.2) is 28.8 Å². The Morgan fingerprint density at radius 1 is 1.11 bits per heavy atom. The van der Waals surface area contributed by atoms with Crippen molar-refractivity contribution in [3.8, 4) is 0 Å². The smallest absolute Gasteiger partial charge is 0.317 e. The highest BCUT2D eigenvalue weighted by Crippen LogP contribution is 2.25. The van der Waals surface area contributed by atoms with E-state index in [1.807, 2.05) is 13.0 Å². The number of benzene rings is 1. The van der Waals surface area contributed by atoms with Crippen molar-refractivity contribution in [3.63, 3.8) is 0 Å². The van der Waals surface area contributed by atoms with E-state index in [0.29, 0.717) is 41.9 Å². The van der Waals surface area contributed by atoms with Crippen LogP contribution in [0.3, 0.4) is 0 Å². The number of aryl methyl sites for hydroxylation is 1. The molecule has 1 aliphatic heterocycles. The van der Waals surface area contributed by atoms with Gasteiger partial charge in [-0.25, -0.2) is 4.79 Å². The highest BCUT2D eigenvalue weighted by atomic mass is 35.5. The van der Waals surface area contributed by atoms with Crippen molar-refractivity contribution in [2.75, 3.05) is 26.2 Å². The van der Waals surface area contributed by atoms with Gasteiger partial charge in [0.25, 0.3) is 5.91 Å². The molecule has 1 aliphatic rings. The number of amides is 3. The summed E-state index contributed by atoms with van der Waals surface area (Å²) in [7, 11) is 0. The zero-order valence-corrected chi connectivity index (χ0v) is 16.5. The molecule has 1 unspecified atom stereocenters. The first-order valence-electron chi connectivity index (χ1n) is 8.58. The SMILES string of the molecule is Cc1cc(C(=O)N2CCN(C(=O)NC(C)c3ccc(Cl)c(Cl)c3)CC2)on1.